The van der Waals surface area contributed by atoms with Crippen LogP contribution >= 0.6 is 0 Å². The van der Waals surface area contributed by atoms with E-state index >= 15 is 0 Å². The fourth-order valence-electron chi connectivity index (χ4n) is 2.13. The van der Waals surface area contributed by atoms with E-state index in [0.29, 0.717) is 12.1 Å². The minimum Gasteiger partial charge on any atom is -0.434 e. The quantitative estimate of drug-likeness (QED) is 0.876. The maximum atomic E-state index is 13.2. The van der Waals surface area contributed by atoms with Gasteiger partial charge in [0.25, 0.3) is 0 Å². The molecule has 0 saturated carbocycles. The molecule has 0 saturated heterocycles. The molecular weight excluding hydrogens is 293 g/mol. The Hall–Kier alpha value is -2.08. The third-order valence-corrected chi connectivity index (χ3v) is 3.35. The molecule has 1 N–H and O–H groups in total. The van der Waals surface area contributed by atoms with Crippen LogP contribution in [0.3, 0.4) is 0 Å². The zero-order valence-electron chi connectivity index (χ0n) is 12.3. The zero-order chi connectivity index (χ0) is 16.1. The number of nitrogens with zero attached hydrogens (tertiary/aromatic N) is 1. The van der Waals surface area contributed by atoms with Crippen LogP contribution < -0.4 is 10.1 Å². The van der Waals surface area contributed by atoms with Gasteiger partial charge in [0, 0.05) is 30.4 Å². The fraction of sp³-hybridized carbons (Fsp3) is 0.312. The Balaban J connectivity index is 2.12. The van der Waals surface area contributed by atoms with E-state index in [4.69, 9.17) is 0 Å². The van der Waals surface area contributed by atoms with E-state index in [2.05, 4.69) is 15.0 Å². The molecule has 3 nitrogen and oxygen atoms in total. The summed E-state index contributed by atoms with van der Waals surface area (Å²) in [7, 11) is 0. The van der Waals surface area contributed by atoms with Gasteiger partial charge >= 0.3 is 6.61 Å². The molecule has 0 aliphatic rings. The summed E-state index contributed by atoms with van der Waals surface area (Å²) in [4.78, 5) is 4.26. The van der Waals surface area contributed by atoms with Crippen molar-refractivity contribution < 1.29 is 17.9 Å². The van der Waals surface area contributed by atoms with Gasteiger partial charge in [0.2, 0.25) is 0 Å². The average molecular weight is 310 g/mol. The first kappa shape index (κ1) is 16.3. The summed E-state index contributed by atoms with van der Waals surface area (Å²) in [6, 6.07) is 7.12. The van der Waals surface area contributed by atoms with Gasteiger partial charge in [-0.15, -0.1) is 0 Å². The number of hydrogen-bond acceptors (Lipinski definition) is 3. The van der Waals surface area contributed by atoms with Crippen LogP contribution in [-0.4, -0.2) is 11.6 Å². The first-order valence-electron chi connectivity index (χ1n) is 6.85. The molecule has 1 aromatic heterocycles. The highest BCUT2D eigenvalue weighted by Crippen LogP contribution is 2.27. The molecule has 0 spiro atoms. The topological polar surface area (TPSA) is 34.2 Å². The highest BCUT2D eigenvalue weighted by atomic mass is 19.3. The molecule has 0 aliphatic heterocycles. The number of alkyl halides is 2. The van der Waals surface area contributed by atoms with Crippen LogP contribution in [-0.2, 0) is 6.54 Å². The van der Waals surface area contributed by atoms with E-state index in [1.54, 1.807) is 13.1 Å². The van der Waals surface area contributed by atoms with E-state index in [1.165, 1.54) is 12.1 Å². The lowest BCUT2D eigenvalue weighted by molar-refractivity contribution is -0.0508. The van der Waals surface area contributed by atoms with E-state index in [9.17, 15) is 13.2 Å². The molecule has 2 aromatic rings. The molecule has 22 heavy (non-hydrogen) atoms. The second-order valence-electron chi connectivity index (χ2n) is 4.93. The van der Waals surface area contributed by atoms with Crippen molar-refractivity contribution in [1.82, 2.24) is 10.3 Å². The molecule has 0 bridgehead atoms. The van der Waals surface area contributed by atoms with Gasteiger partial charge in [0.05, 0.1) is 5.69 Å². The molecule has 118 valence electrons. The Morgan fingerprint density at radius 2 is 2.05 bits per heavy atom. The van der Waals surface area contributed by atoms with Gasteiger partial charge in [-0.25, -0.2) is 4.39 Å². The number of benzene rings is 1. The molecular formula is C16H17F3N2O. The molecule has 0 unspecified atom stereocenters. The SMILES string of the molecule is Cc1cccnc1CN[C@H](C)c1ccc(F)cc1OC(F)F. The van der Waals surface area contributed by atoms with Crippen LogP contribution in [0.4, 0.5) is 13.2 Å². The van der Waals surface area contributed by atoms with Crippen molar-refractivity contribution in [2.24, 2.45) is 0 Å². The molecule has 2 rings (SSSR count). The fourth-order valence-corrected chi connectivity index (χ4v) is 2.13. The first-order chi connectivity index (χ1) is 10.5. The number of aromatic nitrogens is 1. The number of rotatable bonds is 6. The van der Waals surface area contributed by atoms with Gasteiger partial charge in [0.1, 0.15) is 11.6 Å². The second-order valence-corrected chi connectivity index (χ2v) is 4.93. The molecule has 0 amide bonds. The largest absolute Gasteiger partial charge is 0.434 e. The third-order valence-electron chi connectivity index (χ3n) is 3.35. The number of hydrogen-bond donors (Lipinski definition) is 1. The predicted octanol–water partition coefficient (Wildman–Crippen LogP) is 3.98. The van der Waals surface area contributed by atoms with Gasteiger partial charge in [-0.3, -0.25) is 4.98 Å². The highest BCUT2D eigenvalue weighted by Gasteiger charge is 2.16. The van der Waals surface area contributed by atoms with Crippen molar-refractivity contribution >= 4 is 0 Å². The van der Waals surface area contributed by atoms with Crippen LogP contribution in [0, 0.1) is 12.7 Å². The Kier molecular flexibility index (Phi) is 5.38. The van der Waals surface area contributed by atoms with Crippen molar-refractivity contribution in [2.75, 3.05) is 0 Å². The summed E-state index contributed by atoms with van der Waals surface area (Å²) >= 11 is 0. The smallest absolute Gasteiger partial charge is 0.387 e. The third kappa shape index (κ3) is 4.21. The summed E-state index contributed by atoms with van der Waals surface area (Å²) in [6.45, 7) is 1.21. The number of aryl methyl sites for hydroxylation is 1. The number of pyridine rings is 1. The molecule has 1 atom stereocenters. The van der Waals surface area contributed by atoms with E-state index in [1.807, 2.05) is 19.1 Å². The maximum Gasteiger partial charge on any atom is 0.387 e. The van der Waals surface area contributed by atoms with E-state index in [0.717, 1.165) is 17.3 Å². The molecule has 1 aromatic carbocycles. The predicted molar refractivity (Wildman–Crippen MR) is 77.3 cm³/mol. The lowest BCUT2D eigenvalue weighted by atomic mass is 10.1. The van der Waals surface area contributed by atoms with Crippen LogP contribution in [0.1, 0.15) is 29.8 Å². The van der Waals surface area contributed by atoms with Gasteiger partial charge in [-0.1, -0.05) is 12.1 Å². The Bertz CT molecular complexity index is 635. The summed E-state index contributed by atoms with van der Waals surface area (Å²) in [5.41, 5.74) is 2.37. The summed E-state index contributed by atoms with van der Waals surface area (Å²) in [6.07, 6.45) is 1.69. The van der Waals surface area contributed by atoms with Crippen LogP contribution in [0.2, 0.25) is 0 Å². The molecule has 0 fully saturated rings. The summed E-state index contributed by atoms with van der Waals surface area (Å²) in [5, 5.41) is 3.18. The van der Waals surface area contributed by atoms with Crippen molar-refractivity contribution in [3.63, 3.8) is 0 Å². The van der Waals surface area contributed by atoms with E-state index in [-0.39, 0.29) is 11.8 Å². The lowest BCUT2D eigenvalue weighted by Gasteiger charge is -2.18. The van der Waals surface area contributed by atoms with Gasteiger partial charge in [-0.2, -0.15) is 8.78 Å². The minimum atomic E-state index is -2.99. The molecule has 0 aliphatic carbocycles. The van der Waals surface area contributed by atoms with Crippen molar-refractivity contribution in [3.8, 4) is 5.75 Å². The number of halogens is 3. The average Bonchev–Trinajstić information content (AvgIpc) is 2.45. The van der Waals surface area contributed by atoms with Crippen LogP contribution in [0.15, 0.2) is 36.5 Å². The van der Waals surface area contributed by atoms with Crippen LogP contribution in [0.5, 0.6) is 5.75 Å². The molecule has 1 heterocycles. The molecule has 6 heteroatoms. The minimum absolute atomic E-state index is 0.159. The van der Waals surface area contributed by atoms with Gasteiger partial charge in [0.15, 0.2) is 0 Å². The van der Waals surface area contributed by atoms with E-state index < -0.39 is 12.4 Å². The van der Waals surface area contributed by atoms with Gasteiger partial charge < -0.3 is 10.1 Å². The first-order valence-corrected chi connectivity index (χ1v) is 6.85. The van der Waals surface area contributed by atoms with Crippen molar-refractivity contribution in [1.29, 1.82) is 0 Å². The van der Waals surface area contributed by atoms with Crippen molar-refractivity contribution in [2.45, 2.75) is 33.0 Å². The normalized spacial score (nSPS) is 12.5. The Morgan fingerprint density at radius 1 is 1.27 bits per heavy atom. The Labute approximate surface area is 127 Å². The number of ether oxygens (including phenoxy) is 1. The highest BCUT2D eigenvalue weighted by molar-refractivity contribution is 5.36. The van der Waals surface area contributed by atoms with Crippen molar-refractivity contribution in [3.05, 3.63) is 59.2 Å². The maximum absolute atomic E-state index is 13.2. The van der Waals surface area contributed by atoms with Crippen LogP contribution in [0.25, 0.3) is 0 Å². The standard InChI is InChI=1S/C16H17F3N2O/c1-10-4-3-7-20-14(10)9-21-11(2)13-6-5-12(17)8-15(13)22-16(18)19/h3-8,11,16,21H,9H2,1-2H3/t11-/m1/s1. The lowest BCUT2D eigenvalue weighted by Crippen LogP contribution is -2.20. The number of nitrogens with one attached hydrogen (secondary N) is 1. The molecule has 0 radical (unpaired) electrons. The Morgan fingerprint density at radius 3 is 2.73 bits per heavy atom. The monoisotopic (exact) mass is 310 g/mol. The summed E-state index contributed by atoms with van der Waals surface area (Å²) in [5.74, 6) is -0.778. The zero-order valence-corrected chi connectivity index (χ0v) is 12.3. The summed E-state index contributed by atoms with van der Waals surface area (Å²) < 4.78 is 42.5. The second kappa shape index (κ2) is 7.26. The van der Waals surface area contributed by atoms with Gasteiger partial charge in [-0.05, 0) is 31.5 Å².